The molecular weight excluding hydrogens is 727 g/mol. The van der Waals surface area contributed by atoms with Crippen molar-refractivity contribution in [2.45, 2.75) is 0 Å². The maximum atomic E-state index is 13.8. The Labute approximate surface area is 281 Å². The standard InChI is InChI=1S/C34H22Br2Cl2N4O2/c35-25-9-5-23(6-10-25)31-39-29(19-21-1-13-27(37)14-2-21)33(43)41(31)17-18-42-32(24-7-11-26(36)12-8-24)40-30(34(42)44)20-22-3-15-28(38)16-4-22/h1-16,19-20H,17-18H2. The van der Waals surface area contributed by atoms with Gasteiger partial charge in [0.05, 0.1) is 0 Å². The van der Waals surface area contributed by atoms with Gasteiger partial charge in [-0.2, -0.15) is 0 Å². The Morgan fingerprint density at radius 3 is 1.23 bits per heavy atom. The Hall–Kier alpha value is -3.82. The highest BCUT2D eigenvalue weighted by Gasteiger charge is 2.35. The van der Waals surface area contributed by atoms with Crippen LogP contribution in [0.15, 0.2) is 127 Å². The van der Waals surface area contributed by atoms with E-state index in [4.69, 9.17) is 33.2 Å². The predicted molar refractivity (Wildman–Crippen MR) is 184 cm³/mol. The second-order valence-electron chi connectivity index (χ2n) is 9.96. The third kappa shape index (κ3) is 6.64. The molecule has 0 spiro atoms. The molecule has 0 atom stereocenters. The second kappa shape index (κ2) is 13.0. The summed E-state index contributed by atoms with van der Waals surface area (Å²) in [5.41, 5.74) is 3.74. The number of amides is 2. The van der Waals surface area contributed by atoms with Crippen LogP contribution >= 0.6 is 55.1 Å². The molecule has 0 unspecified atom stereocenters. The third-order valence-corrected chi connectivity index (χ3v) is 8.55. The van der Waals surface area contributed by atoms with Crippen LogP contribution in [0.25, 0.3) is 12.2 Å². The van der Waals surface area contributed by atoms with Crippen molar-refractivity contribution in [3.8, 4) is 0 Å². The van der Waals surface area contributed by atoms with Gasteiger partial charge in [0.25, 0.3) is 11.8 Å². The molecule has 10 heteroatoms. The van der Waals surface area contributed by atoms with Crippen molar-refractivity contribution in [1.29, 1.82) is 0 Å². The van der Waals surface area contributed by atoms with Crippen LogP contribution in [0.4, 0.5) is 0 Å². The van der Waals surface area contributed by atoms with E-state index in [-0.39, 0.29) is 24.9 Å². The van der Waals surface area contributed by atoms with Crippen LogP contribution in [0.1, 0.15) is 22.3 Å². The molecule has 0 saturated heterocycles. The first kappa shape index (κ1) is 30.2. The topological polar surface area (TPSA) is 65.3 Å². The molecule has 0 saturated carbocycles. The average Bonchev–Trinajstić information content (AvgIpc) is 3.50. The van der Waals surface area contributed by atoms with Gasteiger partial charge in [-0.1, -0.05) is 104 Å². The molecular formula is C34H22Br2Cl2N4O2. The number of benzene rings is 4. The largest absolute Gasteiger partial charge is 0.289 e. The number of amidine groups is 2. The van der Waals surface area contributed by atoms with Crippen molar-refractivity contribution in [2.24, 2.45) is 9.98 Å². The lowest BCUT2D eigenvalue weighted by atomic mass is 10.1. The molecule has 0 aromatic heterocycles. The van der Waals surface area contributed by atoms with Crippen molar-refractivity contribution >= 4 is 90.7 Å². The fourth-order valence-corrected chi connectivity index (χ4v) is 5.57. The fraction of sp³-hybridized carbons (Fsp3) is 0.0588. The SMILES string of the molecule is O=C1C(=Cc2ccc(Cl)cc2)N=C(c2ccc(Br)cc2)N1CCN1C(=O)C(=Cc2ccc(Cl)cc2)N=C1c1ccc(Br)cc1. The van der Waals surface area contributed by atoms with Gasteiger partial charge in [0.15, 0.2) is 0 Å². The van der Waals surface area contributed by atoms with E-state index in [0.29, 0.717) is 33.1 Å². The van der Waals surface area contributed by atoms with Gasteiger partial charge in [0.1, 0.15) is 23.1 Å². The fourth-order valence-electron chi connectivity index (χ4n) is 4.79. The number of carbonyl (C=O) groups is 2. The van der Waals surface area contributed by atoms with Crippen molar-refractivity contribution in [3.63, 3.8) is 0 Å². The van der Waals surface area contributed by atoms with E-state index in [2.05, 4.69) is 31.9 Å². The summed E-state index contributed by atoms with van der Waals surface area (Å²) in [5.74, 6) is 0.494. The minimum atomic E-state index is -0.261. The summed E-state index contributed by atoms with van der Waals surface area (Å²) in [6.07, 6.45) is 3.47. The van der Waals surface area contributed by atoms with Crippen molar-refractivity contribution < 1.29 is 9.59 Å². The Morgan fingerprint density at radius 1 is 0.545 bits per heavy atom. The highest BCUT2D eigenvalue weighted by molar-refractivity contribution is 9.10. The third-order valence-electron chi connectivity index (χ3n) is 6.99. The first-order chi connectivity index (χ1) is 21.2. The highest BCUT2D eigenvalue weighted by Crippen LogP contribution is 2.27. The number of aliphatic imine (C=N–C) groups is 2. The average molecular weight is 749 g/mol. The number of halogens is 4. The minimum Gasteiger partial charge on any atom is -0.289 e. The lowest BCUT2D eigenvalue weighted by Gasteiger charge is -2.24. The molecule has 0 radical (unpaired) electrons. The first-order valence-electron chi connectivity index (χ1n) is 13.5. The Bertz CT molecular complexity index is 1730. The number of hydrogen-bond acceptors (Lipinski definition) is 4. The number of rotatable bonds is 7. The van der Waals surface area contributed by atoms with Crippen LogP contribution in [0.5, 0.6) is 0 Å². The van der Waals surface area contributed by atoms with Crippen molar-refractivity contribution in [1.82, 2.24) is 9.80 Å². The quantitative estimate of drug-likeness (QED) is 0.178. The lowest BCUT2D eigenvalue weighted by molar-refractivity contribution is -0.125. The molecule has 6 rings (SSSR count). The smallest absolute Gasteiger partial charge is 0.278 e. The van der Waals surface area contributed by atoms with Gasteiger partial charge in [-0.15, -0.1) is 0 Å². The number of nitrogens with zero attached hydrogens (tertiary/aromatic N) is 4. The summed E-state index contributed by atoms with van der Waals surface area (Å²) in [7, 11) is 0. The van der Waals surface area contributed by atoms with Crippen molar-refractivity contribution in [2.75, 3.05) is 13.1 Å². The van der Waals surface area contributed by atoms with Crippen LogP contribution in [0, 0.1) is 0 Å². The Kier molecular flexibility index (Phi) is 8.96. The molecule has 0 aliphatic carbocycles. The van der Waals surface area contributed by atoms with E-state index in [1.807, 2.05) is 72.8 Å². The molecule has 44 heavy (non-hydrogen) atoms. The number of carbonyl (C=O) groups excluding carboxylic acids is 2. The molecule has 2 aliphatic heterocycles. The summed E-state index contributed by atoms with van der Waals surface area (Å²) in [6.45, 7) is 0.391. The summed E-state index contributed by atoms with van der Waals surface area (Å²) in [4.78, 5) is 40.3. The van der Waals surface area contributed by atoms with Gasteiger partial charge in [0, 0.05) is 43.2 Å². The molecule has 2 heterocycles. The van der Waals surface area contributed by atoms with E-state index in [1.54, 1.807) is 46.2 Å². The van der Waals surface area contributed by atoms with Gasteiger partial charge in [-0.05, 0) is 71.8 Å². The van der Waals surface area contributed by atoms with Crippen LogP contribution < -0.4 is 0 Å². The molecule has 4 aromatic rings. The van der Waals surface area contributed by atoms with E-state index in [1.165, 1.54) is 0 Å². The molecule has 4 aromatic carbocycles. The Morgan fingerprint density at radius 2 is 0.886 bits per heavy atom. The van der Waals surface area contributed by atoms with Gasteiger partial charge >= 0.3 is 0 Å². The maximum absolute atomic E-state index is 13.8. The summed E-state index contributed by atoms with van der Waals surface area (Å²) >= 11 is 19.1. The summed E-state index contributed by atoms with van der Waals surface area (Å²) in [6, 6.07) is 29.6. The summed E-state index contributed by atoms with van der Waals surface area (Å²) < 4.78 is 1.82. The van der Waals surface area contributed by atoms with E-state index < -0.39 is 0 Å². The first-order valence-corrected chi connectivity index (χ1v) is 15.9. The molecule has 2 aliphatic rings. The molecule has 6 nitrogen and oxygen atoms in total. The van der Waals surface area contributed by atoms with Crippen LogP contribution in [0.2, 0.25) is 10.0 Å². The predicted octanol–water partition coefficient (Wildman–Crippen LogP) is 8.48. The van der Waals surface area contributed by atoms with Gasteiger partial charge < -0.3 is 0 Å². The zero-order chi connectivity index (χ0) is 30.8. The van der Waals surface area contributed by atoms with Crippen LogP contribution in [-0.2, 0) is 9.59 Å². The van der Waals surface area contributed by atoms with Crippen LogP contribution in [0.3, 0.4) is 0 Å². The zero-order valence-corrected chi connectivity index (χ0v) is 27.6. The van der Waals surface area contributed by atoms with E-state index in [0.717, 1.165) is 31.2 Å². The van der Waals surface area contributed by atoms with Crippen LogP contribution in [-0.4, -0.2) is 46.4 Å². The molecule has 0 fully saturated rings. The molecule has 2 amide bonds. The second-order valence-corrected chi connectivity index (χ2v) is 12.7. The number of hydrogen-bond donors (Lipinski definition) is 0. The normalized spacial score (nSPS) is 16.7. The Balaban J connectivity index is 1.32. The van der Waals surface area contributed by atoms with Gasteiger partial charge in [-0.25, -0.2) is 9.98 Å². The van der Waals surface area contributed by atoms with Gasteiger partial charge in [-0.3, -0.25) is 19.4 Å². The monoisotopic (exact) mass is 746 g/mol. The lowest BCUT2D eigenvalue weighted by Crippen LogP contribution is -2.42. The van der Waals surface area contributed by atoms with Gasteiger partial charge in [0.2, 0.25) is 0 Å². The molecule has 218 valence electrons. The summed E-state index contributed by atoms with van der Waals surface area (Å²) in [5, 5.41) is 1.21. The maximum Gasteiger partial charge on any atom is 0.278 e. The minimum absolute atomic E-state index is 0.196. The molecule has 0 bridgehead atoms. The zero-order valence-electron chi connectivity index (χ0n) is 22.9. The van der Waals surface area contributed by atoms with Crippen molar-refractivity contribution in [3.05, 3.63) is 150 Å². The highest BCUT2D eigenvalue weighted by atomic mass is 79.9. The van der Waals surface area contributed by atoms with E-state index in [9.17, 15) is 9.59 Å². The molecule has 0 N–H and O–H groups in total. The van der Waals surface area contributed by atoms with E-state index >= 15 is 0 Å².